The lowest BCUT2D eigenvalue weighted by atomic mass is 9.77. The fourth-order valence-electron chi connectivity index (χ4n) is 2.94. The monoisotopic (exact) mass is 333 g/mol. The second-order valence-electron chi connectivity index (χ2n) is 8.77. The first-order valence-electron chi connectivity index (χ1n) is 8.76. The Morgan fingerprint density at radius 2 is 1.54 bits per heavy atom. The number of unbranched alkanes of at least 4 members (excludes halogenated alkanes) is 1. The Labute approximate surface area is 147 Å². The van der Waals surface area contributed by atoms with E-state index in [1.165, 1.54) is 0 Å². The van der Waals surface area contributed by atoms with E-state index >= 15 is 0 Å². The molecule has 0 spiro atoms. The molecule has 24 heavy (non-hydrogen) atoms. The van der Waals surface area contributed by atoms with Gasteiger partial charge in [0.2, 0.25) is 0 Å². The predicted octanol–water partition coefficient (Wildman–Crippen LogP) is 5.23. The summed E-state index contributed by atoms with van der Waals surface area (Å²) in [6.45, 7) is 16.2. The topological polar surface area (TPSA) is 57.5 Å². The lowest BCUT2D eigenvalue weighted by Gasteiger charge is -2.28. The number of benzene rings is 1. The van der Waals surface area contributed by atoms with Gasteiger partial charge in [0.05, 0.1) is 5.92 Å². The molecule has 1 aromatic rings. The normalized spacial score (nSPS) is 13.8. The molecule has 2 N–H and O–H groups in total. The van der Waals surface area contributed by atoms with Crippen LogP contribution in [0.25, 0.3) is 0 Å². The minimum Gasteiger partial charge on any atom is -0.507 e. The van der Waals surface area contributed by atoms with E-state index in [1.54, 1.807) is 0 Å². The summed E-state index contributed by atoms with van der Waals surface area (Å²) in [5, 5.41) is 20.2. The highest BCUT2D eigenvalue weighted by atomic mass is 16.4. The van der Waals surface area contributed by atoms with Crippen molar-refractivity contribution in [2.24, 2.45) is 5.92 Å². The largest absolute Gasteiger partial charge is 0.507 e. The van der Waals surface area contributed by atoms with Crippen molar-refractivity contribution in [3.63, 3.8) is 0 Å². The summed E-state index contributed by atoms with van der Waals surface area (Å²) in [6, 6.07) is 3.95. The molecular weight excluding hydrogens is 300 g/mol. The SMILES string of the molecule is [CH2]CCCC(Cc1cc(C(C)(C)C)c(O)c(C(C)(C)C)c1)C(=O)O. The van der Waals surface area contributed by atoms with E-state index in [2.05, 4.69) is 48.5 Å². The number of carboxylic acids is 1. The average Bonchev–Trinajstić information content (AvgIpc) is 2.41. The van der Waals surface area contributed by atoms with Crippen LogP contribution >= 0.6 is 0 Å². The van der Waals surface area contributed by atoms with Crippen molar-refractivity contribution in [1.29, 1.82) is 0 Å². The molecular formula is C21H33O3. The van der Waals surface area contributed by atoms with E-state index < -0.39 is 11.9 Å². The van der Waals surface area contributed by atoms with Crippen LogP contribution in [0, 0.1) is 12.8 Å². The maximum Gasteiger partial charge on any atom is 0.306 e. The fourth-order valence-corrected chi connectivity index (χ4v) is 2.94. The minimum atomic E-state index is -0.758. The Morgan fingerprint density at radius 1 is 1.08 bits per heavy atom. The van der Waals surface area contributed by atoms with E-state index in [9.17, 15) is 15.0 Å². The summed E-state index contributed by atoms with van der Waals surface area (Å²) in [4.78, 5) is 11.6. The van der Waals surface area contributed by atoms with Crippen LogP contribution in [0.2, 0.25) is 0 Å². The number of carbonyl (C=O) groups is 1. The van der Waals surface area contributed by atoms with Gasteiger partial charge in [-0.1, -0.05) is 73.4 Å². The first-order chi connectivity index (χ1) is 10.9. The van der Waals surface area contributed by atoms with Gasteiger partial charge >= 0.3 is 5.97 Å². The second kappa shape index (κ2) is 7.58. The van der Waals surface area contributed by atoms with Crippen LogP contribution in [0.5, 0.6) is 5.75 Å². The molecule has 0 aliphatic rings. The Bertz CT molecular complexity index is 539. The third kappa shape index (κ3) is 5.25. The maximum absolute atomic E-state index is 11.6. The maximum atomic E-state index is 11.6. The predicted molar refractivity (Wildman–Crippen MR) is 99.5 cm³/mol. The molecule has 135 valence electrons. The highest BCUT2D eigenvalue weighted by molar-refractivity contribution is 5.70. The van der Waals surface area contributed by atoms with Crippen molar-refractivity contribution in [3.05, 3.63) is 35.7 Å². The van der Waals surface area contributed by atoms with Crippen LogP contribution in [0.4, 0.5) is 0 Å². The number of aromatic hydroxyl groups is 1. The molecule has 3 heteroatoms. The van der Waals surface area contributed by atoms with Gasteiger partial charge in [0.25, 0.3) is 0 Å². The summed E-state index contributed by atoms with van der Waals surface area (Å²) in [6.07, 6.45) is 2.68. The van der Waals surface area contributed by atoms with Gasteiger partial charge in [0.15, 0.2) is 0 Å². The number of phenolic OH excluding ortho intramolecular Hbond substituents is 1. The lowest BCUT2D eigenvalue weighted by Crippen LogP contribution is -2.20. The molecule has 1 radical (unpaired) electrons. The number of phenols is 1. The molecule has 0 saturated carbocycles. The molecule has 0 fully saturated rings. The summed E-state index contributed by atoms with van der Waals surface area (Å²) < 4.78 is 0. The summed E-state index contributed by atoms with van der Waals surface area (Å²) in [7, 11) is 0. The molecule has 1 rings (SSSR count). The van der Waals surface area contributed by atoms with Gasteiger partial charge in [0, 0.05) is 0 Å². The van der Waals surface area contributed by atoms with Gasteiger partial charge < -0.3 is 10.2 Å². The zero-order chi connectivity index (χ0) is 18.7. The zero-order valence-corrected chi connectivity index (χ0v) is 16.1. The van der Waals surface area contributed by atoms with Gasteiger partial charge in [-0.25, -0.2) is 0 Å². The van der Waals surface area contributed by atoms with Gasteiger partial charge in [-0.05, 0) is 40.4 Å². The van der Waals surface area contributed by atoms with Crippen molar-refractivity contribution in [3.8, 4) is 5.75 Å². The van der Waals surface area contributed by atoms with E-state index in [0.29, 0.717) is 18.6 Å². The van der Waals surface area contributed by atoms with Gasteiger partial charge in [0.1, 0.15) is 5.75 Å². The molecule has 1 aromatic carbocycles. The van der Waals surface area contributed by atoms with Gasteiger partial charge in [-0.15, -0.1) is 0 Å². The lowest BCUT2D eigenvalue weighted by molar-refractivity contribution is -0.141. The van der Waals surface area contributed by atoms with Crippen molar-refractivity contribution in [2.75, 3.05) is 0 Å². The van der Waals surface area contributed by atoms with Crippen molar-refractivity contribution < 1.29 is 15.0 Å². The highest BCUT2D eigenvalue weighted by Gasteiger charge is 2.27. The molecule has 1 unspecified atom stereocenters. The third-order valence-electron chi connectivity index (χ3n) is 4.42. The third-order valence-corrected chi connectivity index (χ3v) is 4.42. The number of hydrogen-bond donors (Lipinski definition) is 2. The van der Waals surface area contributed by atoms with E-state index in [1.807, 2.05) is 12.1 Å². The second-order valence-corrected chi connectivity index (χ2v) is 8.77. The summed E-state index contributed by atoms with van der Waals surface area (Å²) in [5.74, 6) is -0.827. The van der Waals surface area contributed by atoms with Crippen LogP contribution in [-0.2, 0) is 22.0 Å². The summed E-state index contributed by atoms with van der Waals surface area (Å²) >= 11 is 0. The first-order valence-corrected chi connectivity index (χ1v) is 8.76. The summed E-state index contributed by atoms with van der Waals surface area (Å²) in [5.41, 5.74) is 2.34. The van der Waals surface area contributed by atoms with Crippen LogP contribution in [0.15, 0.2) is 12.1 Å². The molecule has 0 aliphatic carbocycles. The van der Waals surface area contributed by atoms with Crippen LogP contribution in [-0.4, -0.2) is 16.2 Å². The highest BCUT2D eigenvalue weighted by Crippen LogP contribution is 2.40. The molecule has 0 aromatic heterocycles. The minimum absolute atomic E-state index is 0.202. The van der Waals surface area contributed by atoms with Gasteiger partial charge in [-0.3, -0.25) is 4.79 Å². The standard InChI is InChI=1S/C21H33O3/c1-8-9-10-15(19(23)24)11-14-12-16(20(2,3)4)18(22)17(13-14)21(5,6)7/h12-13,15,22H,1,8-11H2,2-7H3,(H,23,24). The van der Waals surface area contributed by atoms with Crippen LogP contribution < -0.4 is 0 Å². The van der Waals surface area contributed by atoms with E-state index in [0.717, 1.165) is 29.5 Å². The van der Waals surface area contributed by atoms with Crippen LogP contribution in [0.3, 0.4) is 0 Å². The Morgan fingerprint density at radius 3 is 1.88 bits per heavy atom. The van der Waals surface area contributed by atoms with Crippen molar-refractivity contribution in [1.82, 2.24) is 0 Å². The number of aliphatic carboxylic acids is 1. The molecule has 0 heterocycles. The Hall–Kier alpha value is -1.51. The van der Waals surface area contributed by atoms with E-state index in [-0.39, 0.29) is 10.8 Å². The van der Waals surface area contributed by atoms with Gasteiger partial charge in [-0.2, -0.15) is 0 Å². The molecule has 0 bridgehead atoms. The Kier molecular flexibility index (Phi) is 6.49. The number of carboxylic acid groups (broad SMARTS) is 1. The molecule has 0 aliphatic heterocycles. The quantitative estimate of drug-likeness (QED) is 0.749. The molecule has 0 saturated heterocycles. The first kappa shape index (κ1) is 20.5. The van der Waals surface area contributed by atoms with Crippen molar-refractivity contribution in [2.45, 2.75) is 78.1 Å². The average molecular weight is 333 g/mol. The number of rotatable bonds is 6. The smallest absolute Gasteiger partial charge is 0.306 e. The zero-order valence-electron chi connectivity index (χ0n) is 16.1. The van der Waals surface area contributed by atoms with Crippen LogP contribution in [0.1, 0.15) is 77.5 Å². The molecule has 0 amide bonds. The van der Waals surface area contributed by atoms with Crippen molar-refractivity contribution >= 4 is 5.97 Å². The Balaban J connectivity index is 3.35. The van der Waals surface area contributed by atoms with E-state index in [4.69, 9.17) is 0 Å². The fraction of sp³-hybridized carbons (Fsp3) is 0.619. The number of hydrogen-bond acceptors (Lipinski definition) is 2. The molecule has 1 atom stereocenters. The molecule has 3 nitrogen and oxygen atoms in total.